The standard InChI is InChI=1S/C9H10O2/c1-5-6-2-7(9(5)11)4-8(10)3-6/h6-7H,1-4H2. The second kappa shape index (κ2) is 2.03. The first-order chi connectivity index (χ1) is 5.18. The van der Waals surface area contributed by atoms with Crippen molar-refractivity contribution < 1.29 is 9.59 Å². The molecule has 0 aromatic rings. The molecular formula is C9H10O2. The summed E-state index contributed by atoms with van der Waals surface area (Å²) < 4.78 is 0. The molecule has 11 heavy (non-hydrogen) atoms. The summed E-state index contributed by atoms with van der Waals surface area (Å²) in [7, 11) is 0. The summed E-state index contributed by atoms with van der Waals surface area (Å²) in [5, 5.41) is 0. The molecule has 0 aliphatic heterocycles. The van der Waals surface area contributed by atoms with Crippen molar-refractivity contribution in [3.63, 3.8) is 0 Å². The number of carbonyl (C=O) groups excluding carboxylic acids is 2. The first kappa shape index (κ1) is 6.77. The van der Waals surface area contributed by atoms with Gasteiger partial charge in [-0.25, -0.2) is 0 Å². The minimum Gasteiger partial charge on any atom is -0.300 e. The van der Waals surface area contributed by atoms with Gasteiger partial charge in [-0.15, -0.1) is 0 Å². The molecule has 0 spiro atoms. The van der Waals surface area contributed by atoms with E-state index >= 15 is 0 Å². The predicted molar refractivity (Wildman–Crippen MR) is 40.0 cm³/mol. The average Bonchev–Trinajstić information content (AvgIpc) is 2.16. The van der Waals surface area contributed by atoms with E-state index in [9.17, 15) is 9.59 Å². The van der Waals surface area contributed by atoms with E-state index in [4.69, 9.17) is 0 Å². The maximum Gasteiger partial charge on any atom is 0.162 e. The molecule has 2 rings (SSSR count). The number of fused-ring (bicyclic) bond motifs is 2. The van der Waals surface area contributed by atoms with Gasteiger partial charge in [0, 0.05) is 18.8 Å². The highest BCUT2D eigenvalue weighted by molar-refractivity contribution is 6.04. The zero-order valence-corrected chi connectivity index (χ0v) is 6.30. The molecule has 0 aromatic heterocycles. The summed E-state index contributed by atoms with van der Waals surface area (Å²) in [5.41, 5.74) is 0.695. The lowest BCUT2D eigenvalue weighted by Gasteiger charge is -2.14. The van der Waals surface area contributed by atoms with E-state index in [2.05, 4.69) is 6.58 Å². The molecule has 0 amide bonds. The Morgan fingerprint density at radius 2 is 1.82 bits per heavy atom. The van der Waals surface area contributed by atoms with E-state index in [1.54, 1.807) is 0 Å². The highest BCUT2D eigenvalue weighted by Crippen LogP contribution is 2.40. The molecule has 2 heteroatoms. The predicted octanol–water partition coefficient (Wildman–Crippen LogP) is 1.11. The number of ketones is 2. The molecule has 2 nitrogen and oxygen atoms in total. The third kappa shape index (κ3) is 0.854. The molecule has 58 valence electrons. The Balaban J connectivity index is 2.32. The Kier molecular flexibility index (Phi) is 1.25. The molecule has 2 fully saturated rings. The normalized spacial score (nSPS) is 36.5. The van der Waals surface area contributed by atoms with Gasteiger partial charge < -0.3 is 0 Å². The number of hydrogen-bond acceptors (Lipinski definition) is 2. The van der Waals surface area contributed by atoms with Gasteiger partial charge in [0.15, 0.2) is 5.78 Å². The quantitative estimate of drug-likeness (QED) is 0.485. The Hall–Kier alpha value is -0.920. The van der Waals surface area contributed by atoms with Crippen LogP contribution in [0.3, 0.4) is 0 Å². The van der Waals surface area contributed by atoms with Crippen molar-refractivity contribution in [2.24, 2.45) is 11.8 Å². The SMILES string of the molecule is C=C1C(=O)C2CC(=O)CC1C2. The van der Waals surface area contributed by atoms with Crippen molar-refractivity contribution in [3.8, 4) is 0 Å². The number of Topliss-reactive ketones (excluding diaryl/α,β-unsaturated/α-hetero) is 2. The largest absolute Gasteiger partial charge is 0.300 e. The van der Waals surface area contributed by atoms with Crippen molar-refractivity contribution in [2.45, 2.75) is 19.3 Å². The van der Waals surface area contributed by atoms with E-state index in [1.165, 1.54) is 0 Å². The van der Waals surface area contributed by atoms with Crippen LogP contribution < -0.4 is 0 Å². The van der Waals surface area contributed by atoms with Crippen molar-refractivity contribution in [1.29, 1.82) is 0 Å². The van der Waals surface area contributed by atoms with Crippen molar-refractivity contribution in [1.82, 2.24) is 0 Å². The lowest BCUT2D eigenvalue weighted by molar-refractivity contribution is -0.125. The van der Waals surface area contributed by atoms with Gasteiger partial charge in [0.1, 0.15) is 5.78 Å². The molecule has 2 bridgehead atoms. The molecule has 0 aromatic carbocycles. The lowest BCUT2D eigenvalue weighted by Crippen LogP contribution is -2.16. The lowest BCUT2D eigenvalue weighted by atomic mass is 9.88. The summed E-state index contributed by atoms with van der Waals surface area (Å²) in [6.07, 6.45) is 1.90. The van der Waals surface area contributed by atoms with Crippen LogP contribution in [0.2, 0.25) is 0 Å². The van der Waals surface area contributed by atoms with Crippen molar-refractivity contribution in [2.75, 3.05) is 0 Å². The van der Waals surface area contributed by atoms with E-state index in [1.807, 2.05) is 0 Å². The second-order valence-corrected chi connectivity index (χ2v) is 3.47. The van der Waals surface area contributed by atoms with Crippen molar-refractivity contribution in [3.05, 3.63) is 12.2 Å². The van der Waals surface area contributed by atoms with Crippen LogP contribution in [0.1, 0.15) is 19.3 Å². The zero-order valence-electron chi connectivity index (χ0n) is 6.30. The Morgan fingerprint density at radius 3 is 2.45 bits per heavy atom. The molecule has 2 atom stereocenters. The molecule has 2 saturated carbocycles. The van der Waals surface area contributed by atoms with Crippen LogP contribution in [0.25, 0.3) is 0 Å². The van der Waals surface area contributed by atoms with E-state index < -0.39 is 0 Å². The van der Waals surface area contributed by atoms with E-state index in [0.29, 0.717) is 18.4 Å². The maximum atomic E-state index is 11.3. The van der Waals surface area contributed by atoms with Crippen LogP contribution in [-0.4, -0.2) is 11.6 Å². The summed E-state index contributed by atoms with van der Waals surface area (Å²) in [6, 6.07) is 0. The first-order valence-electron chi connectivity index (χ1n) is 3.93. The zero-order chi connectivity index (χ0) is 8.01. The average molecular weight is 150 g/mol. The van der Waals surface area contributed by atoms with Gasteiger partial charge in [-0.2, -0.15) is 0 Å². The molecule has 2 aliphatic carbocycles. The molecule has 2 aliphatic rings. The smallest absolute Gasteiger partial charge is 0.162 e. The van der Waals surface area contributed by atoms with E-state index in [-0.39, 0.29) is 23.4 Å². The Labute approximate surface area is 65.3 Å². The van der Waals surface area contributed by atoms with Crippen LogP contribution in [0.15, 0.2) is 12.2 Å². The highest BCUT2D eigenvalue weighted by Gasteiger charge is 2.41. The van der Waals surface area contributed by atoms with Crippen LogP contribution in [0, 0.1) is 11.8 Å². The fraction of sp³-hybridized carbons (Fsp3) is 0.556. The second-order valence-electron chi connectivity index (χ2n) is 3.47. The summed E-state index contributed by atoms with van der Waals surface area (Å²) in [4.78, 5) is 22.3. The van der Waals surface area contributed by atoms with Crippen LogP contribution in [-0.2, 0) is 9.59 Å². The van der Waals surface area contributed by atoms with Gasteiger partial charge in [-0.1, -0.05) is 6.58 Å². The molecule has 0 radical (unpaired) electrons. The van der Waals surface area contributed by atoms with Crippen molar-refractivity contribution >= 4 is 11.6 Å². The first-order valence-corrected chi connectivity index (χ1v) is 3.93. The van der Waals surface area contributed by atoms with Crippen LogP contribution in [0.5, 0.6) is 0 Å². The maximum absolute atomic E-state index is 11.3. The minimum atomic E-state index is -0.00579. The number of rotatable bonds is 0. The summed E-state index contributed by atoms with van der Waals surface area (Å²) in [6.45, 7) is 3.71. The molecule has 2 unspecified atom stereocenters. The van der Waals surface area contributed by atoms with Crippen LogP contribution in [0.4, 0.5) is 0 Å². The summed E-state index contributed by atoms with van der Waals surface area (Å²) >= 11 is 0. The topological polar surface area (TPSA) is 34.1 Å². The number of hydrogen-bond donors (Lipinski definition) is 0. The van der Waals surface area contributed by atoms with Gasteiger partial charge in [-0.05, 0) is 17.9 Å². The van der Waals surface area contributed by atoms with Gasteiger partial charge in [0.2, 0.25) is 0 Å². The Morgan fingerprint density at radius 1 is 1.18 bits per heavy atom. The monoisotopic (exact) mass is 150 g/mol. The third-order valence-electron chi connectivity index (χ3n) is 2.70. The van der Waals surface area contributed by atoms with Gasteiger partial charge in [-0.3, -0.25) is 9.59 Å². The fourth-order valence-electron chi connectivity index (χ4n) is 2.07. The fourth-order valence-corrected chi connectivity index (χ4v) is 2.07. The number of carbonyl (C=O) groups is 2. The molecule has 0 N–H and O–H groups in total. The highest BCUT2D eigenvalue weighted by atomic mass is 16.1. The molecular weight excluding hydrogens is 140 g/mol. The Bertz CT molecular complexity index is 228. The number of allylic oxidation sites excluding steroid dienone is 1. The summed E-state index contributed by atoms with van der Waals surface area (Å²) in [5.74, 6) is 0.557. The van der Waals surface area contributed by atoms with Crippen LogP contribution >= 0.6 is 0 Å². The van der Waals surface area contributed by atoms with Gasteiger partial charge in [0.05, 0.1) is 0 Å². The molecule has 0 saturated heterocycles. The van der Waals surface area contributed by atoms with Gasteiger partial charge >= 0.3 is 0 Å². The minimum absolute atomic E-state index is 0.00579. The molecule has 0 heterocycles. The third-order valence-corrected chi connectivity index (χ3v) is 2.70. The van der Waals surface area contributed by atoms with E-state index in [0.717, 1.165) is 6.42 Å². The van der Waals surface area contributed by atoms with Gasteiger partial charge in [0.25, 0.3) is 0 Å².